The molecule has 0 spiro atoms. The Morgan fingerprint density at radius 1 is 1.30 bits per heavy atom. The molecule has 1 aromatic heterocycles. The molecule has 1 aliphatic heterocycles. The fraction of sp³-hybridized carbons (Fsp3) is 0.636. The van der Waals surface area contributed by atoms with Crippen molar-refractivity contribution < 1.29 is 13.2 Å². The number of hydrogen-bond donors (Lipinski definition) is 1. The number of nitrogens with two attached hydrogens (primary N) is 1. The Bertz CT molecular complexity index is 649. The van der Waals surface area contributed by atoms with E-state index in [0.717, 1.165) is 0 Å². The highest BCUT2D eigenvalue weighted by Crippen LogP contribution is 2.30. The summed E-state index contributed by atoms with van der Waals surface area (Å²) < 4.78 is 28.0. The molecule has 0 saturated carbocycles. The molecule has 2 N–H and O–H groups in total. The largest absolute Gasteiger partial charge is 0.381 e. The number of likely N-dealkylation sites (N-methyl/N-ethyl adjacent to an activating group) is 1. The van der Waals surface area contributed by atoms with Crippen LogP contribution in [0.1, 0.15) is 13.8 Å². The lowest BCUT2D eigenvalue weighted by Crippen LogP contribution is -2.63. The summed E-state index contributed by atoms with van der Waals surface area (Å²) in [5, 5.41) is 3.85. The van der Waals surface area contributed by atoms with Gasteiger partial charge in [0.2, 0.25) is 15.9 Å². The monoisotopic (exact) mass is 301 g/mol. The van der Waals surface area contributed by atoms with Gasteiger partial charge in [-0.1, -0.05) is 0 Å². The van der Waals surface area contributed by atoms with Gasteiger partial charge < -0.3 is 10.6 Å². The van der Waals surface area contributed by atoms with Gasteiger partial charge in [0.05, 0.1) is 0 Å². The maximum atomic E-state index is 12.7. The van der Waals surface area contributed by atoms with E-state index in [2.05, 4.69) is 5.10 Å². The molecule has 1 amide bonds. The zero-order valence-corrected chi connectivity index (χ0v) is 12.8. The SMILES string of the molecule is CN1CCN(S(=O)(=O)c2cn(C)nc2N)C(C)(C)C1=O. The smallest absolute Gasteiger partial charge is 0.249 e. The Morgan fingerprint density at radius 3 is 2.40 bits per heavy atom. The van der Waals surface area contributed by atoms with Crippen molar-refractivity contribution in [2.24, 2.45) is 7.05 Å². The maximum Gasteiger partial charge on any atom is 0.249 e. The molecule has 1 saturated heterocycles. The van der Waals surface area contributed by atoms with E-state index in [-0.39, 0.29) is 23.2 Å². The quantitative estimate of drug-likeness (QED) is 0.774. The molecular formula is C11H19N5O3S. The molecule has 0 aromatic carbocycles. The van der Waals surface area contributed by atoms with E-state index >= 15 is 0 Å². The van der Waals surface area contributed by atoms with Gasteiger partial charge >= 0.3 is 0 Å². The summed E-state index contributed by atoms with van der Waals surface area (Å²) in [5.74, 6) is -0.301. The van der Waals surface area contributed by atoms with Crippen molar-refractivity contribution in [3.05, 3.63) is 6.20 Å². The summed E-state index contributed by atoms with van der Waals surface area (Å²) in [6.07, 6.45) is 1.35. The molecule has 2 heterocycles. The minimum Gasteiger partial charge on any atom is -0.381 e. The third kappa shape index (κ3) is 2.06. The molecule has 1 aromatic rings. The van der Waals surface area contributed by atoms with Crippen LogP contribution in [0.15, 0.2) is 11.1 Å². The molecule has 2 rings (SSSR count). The molecule has 0 bridgehead atoms. The minimum absolute atomic E-state index is 0.0605. The number of nitrogens with zero attached hydrogens (tertiary/aromatic N) is 4. The molecule has 0 unspecified atom stereocenters. The van der Waals surface area contributed by atoms with Crippen LogP contribution >= 0.6 is 0 Å². The van der Waals surface area contributed by atoms with E-state index in [1.165, 1.54) is 20.1 Å². The second-order valence-electron chi connectivity index (χ2n) is 5.42. The number of piperazine rings is 1. The van der Waals surface area contributed by atoms with E-state index in [0.29, 0.717) is 6.54 Å². The zero-order chi connectivity index (χ0) is 15.3. The van der Waals surface area contributed by atoms with E-state index in [1.54, 1.807) is 27.9 Å². The highest BCUT2D eigenvalue weighted by molar-refractivity contribution is 7.89. The first-order valence-electron chi connectivity index (χ1n) is 6.16. The fourth-order valence-electron chi connectivity index (χ4n) is 2.42. The van der Waals surface area contributed by atoms with Crippen LogP contribution in [0.25, 0.3) is 0 Å². The Labute approximate surface area is 118 Å². The van der Waals surface area contributed by atoms with Crippen LogP contribution in [0.5, 0.6) is 0 Å². The molecule has 1 aliphatic rings. The zero-order valence-electron chi connectivity index (χ0n) is 12.0. The predicted molar refractivity (Wildman–Crippen MR) is 73.2 cm³/mol. The van der Waals surface area contributed by atoms with Crippen molar-refractivity contribution >= 4 is 21.7 Å². The standard InChI is InChI=1S/C11H19N5O3S/c1-11(2)10(17)14(3)5-6-16(11)20(18,19)8-7-15(4)13-9(8)12/h7H,5-6H2,1-4H3,(H2,12,13). The van der Waals surface area contributed by atoms with Crippen molar-refractivity contribution in [3.8, 4) is 0 Å². The molecule has 9 heteroatoms. The van der Waals surface area contributed by atoms with E-state index in [9.17, 15) is 13.2 Å². The Kier molecular flexibility index (Phi) is 3.29. The number of anilines is 1. The molecular weight excluding hydrogens is 282 g/mol. The number of nitrogen functional groups attached to an aromatic ring is 1. The predicted octanol–water partition coefficient (Wildman–Crippen LogP) is -0.756. The lowest BCUT2D eigenvalue weighted by molar-refractivity contribution is -0.142. The van der Waals surface area contributed by atoms with Crippen molar-refractivity contribution in [1.29, 1.82) is 0 Å². The molecule has 1 fully saturated rings. The molecule has 8 nitrogen and oxygen atoms in total. The van der Waals surface area contributed by atoms with Crippen LogP contribution < -0.4 is 5.73 Å². The normalized spacial score (nSPS) is 20.4. The van der Waals surface area contributed by atoms with Crippen molar-refractivity contribution in [3.63, 3.8) is 0 Å². The number of carbonyl (C=O) groups excluding carboxylic acids is 1. The van der Waals surface area contributed by atoms with Crippen molar-refractivity contribution in [1.82, 2.24) is 19.0 Å². The van der Waals surface area contributed by atoms with Gasteiger partial charge in [-0.2, -0.15) is 9.40 Å². The van der Waals surface area contributed by atoms with Crippen LogP contribution in [0.3, 0.4) is 0 Å². The summed E-state index contributed by atoms with van der Waals surface area (Å²) in [6.45, 7) is 3.76. The van der Waals surface area contributed by atoms with Gasteiger partial charge in [-0.3, -0.25) is 9.48 Å². The molecule has 20 heavy (non-hydrogen) atoms. The third-order valence-corrected chi connectivity index (χ3v) is 5.61. The maximum absolute atomic E-state index is 12.7. The van der Waals surface area contributed by atoms with Gasteiger partial charge in [-0.25, -0.2) is 8.42 Å². The van der Waals surface area contributed by atoms with Crippen LogP contribution in [-0.4, -0.2) is 59.0 Å². The number of aryl methyl sites for hydroxylation is 1. The summed E-state index contributed by atoms with van der Waals surface area (Å²) in [4.78, 5) is 13.7. The van der Waals surface area contributed by atoms with Gasteiger partial charge in [-0.15, -0.1) is 0 Å². The van der Waals surface area contributed by atoms with Gasteiger partial charge in [-0.05, 0) is 13.8 Å². The number of aromatic nitrogens is 2. The summed E-state index contributed by atoms with van der Waals surface area (Å²) in [6, 6.07) is 0. The molecule has 0 aliphatic carbocycles. The number of hydrogen-bond acceptors (Lipinski definition) is 5. The topological polar surface area (TPSA) is 102 Å². The highest BCUT2D eigenvalue weighted by atomic mass is 32.2. The second-order valence-corrected chi connectivity index (χ2v) is 7.25. The molecule has 0 atom stereocenters. The summed E-state index contributed by atoms with van der Waals surface area (Å²) in [7, 11) is -0.606. The highest BCUT2D eigenvalue weighted by Gasteiger charge is 2.47. The molecule has 0 radical (unpaired) electrons. The van der Waals surface area contributed by atoms with Gasteiger partial charge in [0, 0.05) is 33.4 Å². The Balaban J connectivity index is 2.50. The number of rotatable bonds is 2. The Morgan fingerprint density at radius 2 is 1.90 bits per heavy atom. The summed E-state index contributed by atoms with van der Waals surface area (Å²) in [5.41, 5.74) is 4.51. The van der Waals surface area contributed by atoms with Crippen LogP contribution in [0.2, 0.25) is 0 Å². The van der Waals surface area contributed by atoms with E-state index < -0.39 is 15.6 Å². The lowest BCUT2D eigenvalue weighted by Gasteiger charge is -2.43. The van der Waals surface area contributed by atoms with Gasteiger partial charge in [0.1, 0.15) is 10.4 Å². The average molecular weight is 301 g/mol. The lowest BCUT2D eigenvalue weighted by atomic mass is 10.0. The first-order chi connectivity index (χ1) is 9.08. The van der Waals surface area contributed by atoms with Crippen LogP contribution in [0.4, 0.5) is 5.82 Å². The van der Waals surface area contributed by atoms with Gasteiger partial charge in [0.25, 0.3) is 0 Å². The number of amides is 1. The van der Waals surface area contributed by atoms with Gasteiger partial charge in [0.15, 0.2) is 5.82 Å². The third-order valence-electron chi connectivity index (χ3n) is 3.52. The first-order valence-corrected chi connectivity index (χ1v) is 7.60. The van der Waals surface area contributed by atoms with E-state index in [4.69, 9.17) is 5.73 Å². The van der Waals surface area contributed by atoms with Crippen molar-refractivity contribution in [2.45, 2.75) is 24.3 Å². The Hall–Kier alpha value is -1.61. The average Bonchev–Trinajstić information content (AvgIpc) is 2.66. The van der Waals surface area contributed by atoms with Crippen molar-refractivity contribution in [2.75, 3.05) is 25.9 Å². The first kappa shape index (κ1) is 14.8. The molecule has 112 valence electrons. The van der Waals surface area contributed by atoms with Crippen LogP contribution in [-0.2, 0) is 21.9 Å². The number of carbonyl (C=O) groups is 1. The fourth-order valence-corrected chi connectivity index (χ4v) is 4.25. The number of sulfonamides is 1. The summed E-state index contributed by atoms with van der Waals surface area (Å²) >= 11 is 0. The van der Waals surface area contributed by atoms with E-state index in [1.807, 2.05) is 0 Å². The van der Waals surface area contributed by atoms with Crippen LogP contribution in [0, 0.1) is 0 Å². The minimum atomic E-state index is -3.86. The second kappa shape index (κ2) is 4.45.